The first-order valence-electron chi connectivity index (χ1n) is 10.6. The van der Waals surface area contributed by atoms with E-state index < -0.39 is 5.97 Å². The summed E-state index contributed by atoms with van der Waals surface area (Å²) in [5.74, 6) is -0.408. The second kappa shape index (κ2) is 8.30. The molecule has 8 nitrogen and oxygen atoms in total. The van der Waals surface area contributed by atoms with Gasteiger partial charge in [0.15, 0.2) is 11.5 Å². The third-order valence-electron chi connectivity index (χ3n) is 5.56. The number of hydrogen-bond donors (Lipinski definition) is 0. The Morgan fingerprint density at radius 3 is 2.78 bits per heavy atom. The summed E-state index contributed by atoms with van der Waals surface area (Å²) in [6.45, 7) is 3.22. The number of aromatic nitrogens is 3. The minimum Gasteiger partial charge on any atom is -0.461 e. The van der Waals surface area contributed by atoms with E-state index in [0.29, 0.717) is 25.1 Å². The Bertz CT molecular complexity index is 1260. The number of esters is 1. The van der Waals surface area contributed by atoms with Gasteiger partial charge in [-0.1, -0.05) is 24.3 Å². The number of hydrogen-bond acceptors (Lipinski definition) is 6. The van der Waals surface area contributed by atoms with Gasteiger partial charge in [0.2, 0.25) is 0 Å². The molecule has 0 atom stereocenters. The number of pyridine rings is 1. The van der Waals surface area contributed by atoms with Crippen LogP contribution < -0.4 is 0 Å². The highest BCUT2D eigenvalue weighted by Gasteiger charge is 2.32. The number of furan rings is 1. The lowest BCUT2D eigenvalue weighted by atomic mass is 10.0. The van der Waals surface area contributed by atoms with Crippen molar-refractivity contribution in [2.75, 3.05) is 13.2 Å². The number of fused-ring (bicyclic) bond motifs is 2. The number of carbonyl (C=O) groups excluding carboxylic acids is 2. The highest BCUT2D eigenvalue weighted by molar-refractivity contribution is 5.96. The van der Waals surface area contributed by atoms with Crippen LogP contribution >= 0.6 is 0 Å². The number of carbonyl (C=O) groups is 2. The van der Waals surface area contributed by atoms with Crippen molar-refractivity contribution in [1.82, 2.24) is 19.7 Å². The van der Waals surface area contributed by atoms with Crippen LogP contribution in [0.3, 0.4) is 0 Å². The van der Waals surface area contributed by atoms with E-state index in [9.17, 15) is 9.59 Å². The van der Waals surface area contributed by atoms with Crippen LogP contribution in [0.2, 0.25) is 0 Å². The fourth-order valence-electron chi connectivity index (χ4n) is 4.05. The van der Waals surface area contributed by atoms with Crippen molar-refractivity contribution in [3.8, 4) is 0 Å². The van der Waals surface area contributed by atoms with E-state index >= 15 is 0 Å². The predicted molar refractivity (Wildman–Crippen MR) is 116 cm³/mol. The van der Waals surface area contributed by atoms with Gasteiger partial charge in [0.05, 0.1) is 25.4 Å². The number of amides is 1. The van der Waals surface area contributed by atoms with Crippen molar-refractivity contribution in [1.29, 1.82) is 0 Å². The fraction of sp³-hybridized carbons (Fsp3) is 0.250. The molecule has 162 valence electrons. The van der Waals surface area contributed by atoms with Gasteiger partial charge in [0.25, 0.3) is 5.91 Å². The smallest absolute Gasteiger partial charge is 0.359 e. The van der Waals surface area contributed by atoms with E-state index in [1.165, 1.54) is 0 Å². The normalized spacial score (nSPS) is 13.2. The maximum absolute atomic E-state index is 13.2. The lowest BCUT2D eigenvalue weighted by molar-refractivity contribution is 0.0512. The number of nitrogens with zero attached hydrogens (tertiary/aromatic N) is 4. The van der Waals surface area contributed by atoms with Crippen molar-refractivity contribution >= 4 is 22.8 Å². The standard InChI is InChI=1S/C24H22N4O4/c1-2-31-24(30)22-18-15-27(23(29)21-13-16-7-3-4-9-20(16)32-21)12-10-19(18)28(26-22)14-17-8-5-6-11-25-17/h3-9,11,13H,2,10,12,14-15H2,1H3. The van der Waals surface area contributed by atoms with Gasteiger partial charge in [-0.25, -0.2) is 4.79 Å². The van der Waals surface area contributed by atoms with Crippen LogP contribution in [0.15, 0.2) is 59.1 Å². The zero-order chi connectivity index (χ0) is 22.1. The number of rotatable bonds is 5. The van der Waals surface area contributed by atoms with Crippen molar-refractivity contribution in [3.63, 3.8) is 0 Å². The first-order valence-corrected chi connectivity index (χ1v) is 10.6. The van der Waals surface area contributed by atoms with Gasteiger partial charge in [-0.3, -0.25) is 14.5 Å². The molecule has 32 heavy (non-hydrogen) atoms. The van der Waals surface area contributed by atoms with E-state index in [4.69, 9.17) is 9.15 Å². The van der Waals surface area contributed by atoms with Gasteiger partial charge >= 0.3 is 5.97 Å². The Kier molecular flexibility index (Phi) is 5.18. The van der Waals surface area contributed by atoms with Gasteiger partial charge in [-0.2, -0.15) is 5.10 Å². The van der Waals surface area contributed by atoms with Gasteiger partial charge < -0.3 is 14.1 Å². The molecule has 5 rings (SSSR count). The van der Waals surface area contributed by atoms with Gasteiger partial charge in [0, 0.05) is 35.8 Å². The highest BCUT2D eigenvalue weighted by Crippen LogP contribution is 2.27. The quantitative estimate of drug-likeness (QED) is 0.451. The maximum atomic E-state index is 13.2. The molecule has 0 radical (unpaired) electrons. The van der Waals surface area contributed by atoms with E-state index in [1.807, 2.05) is 42.5 Å². The Balaban J connectivity index is 1.46. The van der Waals surface area contributed by atoms with Crippen molar-refractivity contribution in [2.45, 2.75) is 26.4 Å². The summed E-state index contributed by atoms with van der Waals surface area (Å²) in [5.41, 5.74) is 3.40. The molecule has 0 saturated heterocycles. The van der Waals surface area contributed by atoms with Crippen LogP contribution in [0.1, 0.15) is 44.9 Å². The Hall–Kier alpha value is -3.94. The van der Waals surface area contributed by atoms with Crippen molar-refractivity contribution in [3.05, 3.63) is 83.1 Å². The van der Waals surface area contributed by atoms with Crippen LogP contribution in [-0.4, -0.2) is 44.7 Å². The average Bonchev–Trinajstić information content (AvgIpc) is 3.41. The van der Waals surface area contributed by atoms with Crippen LogP contribution in [0.4, 0.5) is 0 Å². The highest BCUT2D eigenvalue weighted by atomic mass is 16.5. The number of ether oxygens (including phenoxy) is 1. The molecule has 0 saturated carbocycles. The number of para-hydroxylation sites is 1. The zero-order valence-corrected chi connectivity index (χ0v) is 17.7. The molecular weight excluding hydrogens is 408 g/mol. The van der Waals surface area contributed by atoms with E-state index in [2.05, 4.69) is 10.1 Å². The maximum Gasteiger partial charge on any atom is 0.359 e. The van der Waals surface area contributed by atoms with Crippen LogP contribution in [0.25, 0.3) is 11.0 Å². The molecular formula is C24H22N4O4. The molecule has 1 aliphatic heterocycles. The van der Waals surface area contributed by atoms with Crippen molar-refractivity contribution < 1.29 is 18.7 Å². The summed E-state index contributed by atoms with van der Waals surface area (Å²) < 4.78 is 12.8. The molecule has 4 heterocycles. The van der Waals surface area contributed by atoms with E-state index in [0.717, 1.165) is 22.3 Å². The second-order valence-corrected chi connectivity index (χ2v) is 7.60. The summed E-state index contributed by atoms with van der Waals surface area (Å²) in [6, 6.07) is 15.0. The molecule has 0 N–H and O–H groups in total. The lowest BCUT2D eigenvalue weighted by Crippen LogP contribution is -2.36. The molecule has 8 heteroatoms. The Morgan fingerprint density at radius 2 is 2.00 bits per heavy atom. The first-order chi connectivity index (χ1) is 15.6. The third kappa shape index (κ3) is 3.64. The molecule has 0 bridgehead atoms. The van der Waals surface area contributed by atoms with Gasteiger partial charge in [0.1, 0.15) is 5.58 Å². The topological polar surface area (TPSA) is 90.5 Å². The van der Waals surface area contributed by atoms with Gasteiger partial charge in [-0.05, 0) is 31.2 Å². The molecule has 0 spiro atoms. The van der Waals surface area contributed by atoms with E-state index in [1.54, 1.807) is 28.8 Å². The molecule has 0 unspecified atom stereocenters. The van der Waals surface area contributed by atoms with Gasteiger partial charge in [-0.15, -0.1) is 0 Å². The third-order valence-corrected chi connectivity index (χ3v) is 5.56. The molecule has 1 amide bonds. The molecule has 0 aliphatic carbocycles. The number of benzene rings is 1. The average molecular weight is 430 g/mol. The van der Waals surface area contributed by atoms with Crippen LogP contribution in [0, 0.1) is 0 Å². The Labute approximate surface area is 184 Å². The molecule has 3 aromatic heterocycles. The van der Waals surface area contributed by atoms with Crippen LogP contribution in [-0.2, 0) is 24.2 Å². The summed E-state index contributed by atoms with van der Waals surface area (Å²) in [6.07, 6.45) is 2.30. The molecule has 0 fully saturated rings. The fourth-order valence-corrected chi connectivity index (χ4v) is 4.05. The molecule has 1 aliphatic rings. The lowest BCUT2D eigenvalue weighted by Gasteiger charge is -2.27. The monoisotopic (exact) mass is 430 g/mol. The zero-order valence-electron chi connectivity index (χ0n) is 17.7. The molecule has 4 aromatic rings. The SMILES string of the molecule is CCOC(=O)c1nn(Cc2ccccn2)c2c1CN(C(=O)c1cc3ccccc3o1)CC2. The summed E-state index contributed by atoms with van der Waals surface area (Å²) >= 11 is 0. The summed E-state index contributed by atoms with van der Waals surface area (Å²) in [4.78, 5) is 31.8. The first kappa shape index (κ1) is 20.0. The summed E-state index contributed by atoms with van der Waals surface area (Å²) in [7, 11) is 0. The van der Waals surface area contributed by atoms with Crippen molar-refractivity contribution in [2.24, 2.45) is 0 Å². The predicted octanol–water partition coefficient (Wildman–Crippen LogP) is 3.45. The molecule has 1 aromatic carbocycles. The Morgan fingerprint density at radius 1 is 1.16 bits per heavy atom. The summed E-state index contributed by atoms with van der Waals surface area (Å²) in [5, 5.41) is 5.43. The van der Waals surface area contributed by atoms with E-state index in [-0.39, 0.29) is 30.5 Å². The minimum atomic E-state index is -0.485. The second-order valence-electron chi connectivity index (χ2n) is 7.60. The largest absolute Gasteiger partial charge is 0.461 e. The minimum absolute atomic E-state index is 0.209. The van der Waals surface area contributed by atoms with Crippen LogP contribution in [0.5, 0.6) is 0 Å².